The van der Waals surface area contributed by atoms with Gasteiger partial charge in [0, 0.05) is 23.8 Å². The maximum absolute atomic E-state index is 12.9. The number of rotatable bonds is 6. The second kappa shape index (κ2) is 7.80. The zero-order valence-corrected chi connectivity index (χ0v) is 15.7. The molecule has 0 spiro atoms. The maximum atomic E-state index is 12.9. The minimum absolute atomic E-state index is 0.133. The number of carbonyl (C=O) groups excluding carboxylic acids is 2. The molecule has 0 aliphatic carbocycles. The van der Waals surface area contributed by atoms with Crippen LogP contribution in [0.2, 0.25) is 0 Å². The molecule has 6 heteroatoms. The quantitative estimate of drug-likeness (QED) is 0.631. The summed E-state index contributed by atoms with van der Waals surface area (Å²) in [5.41, 5.74) is 7.79. The lowest BCUT2D eigenvalue weighted by Gasteiger charge is -2.25. The first-order valence-electron chi connectivity index (χ1n) is 9.13. The van der Waals surface area contributed by atoms with Crippen molar-refractivity contribution in [3.05, 3.63) is 60.2 Å². The van der Waals surface area contributed by atoms with Crippen LogP contribution in [0.4, 0.5) is 11.4 Å². The largest absolute Gasteiger partial charge is 0.384 e. The molecule has 3 rings (SSSR count). The third kappa shape index (κ3) is 4.65. The first-order valence-corrected chi connectivity index (χ1v) is 9.13. The molecule has 5 N–H and O–H groups in total. The molecule has 6 nitrogen and oxygen atoms in total. The molecule has 0 radical (unpaired) electrons. The van der Waals surface area contributed by atoms with Crippen molar-refractivity contribution in [3.8, 4) is 0 Å². The van der Waals surface area contributed by atoms with Crippen LogP contribution in [0, 0.1) is 0 Å². The number of fused-ring (bicyclic) bond motifs is 1. The van der Waals surface area contributed by atoms with E-state index in [1.165, 1.54) is 0 Å². The number of carbonyl (C=O) groups is 2. The maximum Gasteiger partial charge on any atom is 0.246 e. The second-order valence-electron chi connectivity index (χ2n) is 7.50. The van der Waals surface area contributed by atoms with Gasteiger partial charge in [0.2, 0.25) is 11.8 Å². The van der Waals surface area contributed by atoms with E-state index in [2.05, 4.69) is 22.0 Å². The van der Waals surface area contributed by atoms with Crippen molar-refractivity contribution in [1.82, 2.24) is 5.32 Å². The monoisotopic (exact) mass is 366 g/mol. The Bertz CT molecular complexity index is 814. The summed E-state index contributed by atoms with van der Waals surface area (Å²) in [5, 5.41) is 9.07. The topological polar surface area (TPSA) is 96.2 Å². The minimum Gasteiger partial charge on any atom is -0.384 e. The van der Waals surface area contributed by atoms with Gasteiger partial charge in [0.25, 0.3) is 0 Å². The van der Waals surface area contributed by atoms with Crippen LogP contribution in [-0.2, 0) is 9.59 Å². The van der Waals surface area contributed by atoms with E-state index in [4.69, 9.17) is 5.73 Å². The Kier molecular flexibility index (Phi) is 5.46. The average Bonchev–Trinajstić information content (AvgIpc) is 3.04. The molecule has 0 fully saturated rings. The molecule has 0 saturated heterocycles. The molecule has 1 aliphatic rings. The fraction of sp³-hybridized carbons (Fsp3) is 0.333. The molecule has 2 atom stereocenters. The highest BCUT2D eigenvalue weighted by atomic mass is 16.2. The van der Waals surface area contributed by atoms with Crippen LogP contribution in [0.3, 0.4) is 0 Å². The fourth-order valence-electron chi connectivity index (χ4n) is 3.18. The Labute approximate surface area is 159 Å². The Morgan fingerprint density at radius 3 is 2.52 bits per heavy atom. The normalized spacial score (nSPS) is 16.8. The second-order valence-corrected chi connectivity index (χ2v) is 7.50. The summed E-state index contributed by atoms with van der Waals surface area (Å²) in [4.78, 5) is 25.3. The molecular formula is C21H26N4O2. The molecule has 1 heterocycles. The van der Waals surface area contributed by atoms with Gasteiger partial charge in [-0.15, -0.1) is 0 Å². The average molecular weight is 366 g/mol. The van der Waals surface area contributed by atoms with Gasteiger partial charge in [-0.2, -0.15) is 0 Å². The summed E-state index contributed by atoms with van der Waals surface area (Å²) >= 11 is 0. The van der Waals surface area contributed by atoms with E-state index in [0.717, 1.165) is 17.8 Å². The number of nitrogens with two attached hydrogens (primary N) is 1. The Hall–Kier alpha value is -2.86. The third-order valence-corrected chi connectivity index (χ3v) is 4.71. The zero-order valence-electron chi connectivity index (χ0n) is 15.7. The van der Waals surface area contributed by atoms with Gasteiger partial charge in [-0.05, 0) is 44.0 Å². The highest BCUT2D eigenvalue weighted by molar-refractivity contribution is 5.98. The van der Waals surface area contributed by atoms with E-state index < -0.39 is 11.6 Å². The van der Waals surface area contributed by atoms with Crippen LogP contribution in [-0.4, -0.2) is 29.9 Å². The van der Waals surface area contributed by atoms with Crippen molar-refractivity contribution >= 4 is 23.2 Å². The van der Waals surface area contributed by atoms with Crippen molar-refractivity contribution in [2.75, 3.05) is 17.2 Å². The first-order chi connectivity index (χ1) is 12.8. The molecule has 0 bridgehead atoms. The van der Waals surface area contributed by atoms with Crippen LogP contribution in [0.15, 0.2) is 54.6 Å². The number of para-hydroxylation sites is 2. The van der Waals surface area contributed by atoms with Crippen LogP contribution < -0.4 is 21.7 Å². The Morgan fingerprint density at radius 1 is 1.15 bits per heavy atom. The van der Waals surface area contributed by atoms with Crippen molar-refractivity contribution in [1.29, 1.82) is 0 Å². The molecule has 0 aromatic heterocycles. The van der Waals surface area contributed by atoms with Gasteiger partial charge < -0.3 is 21.7 Å². The van der Waals surface area contributed by atoms with E-state index in [9.17, 15) is 9.59 Å². The number of hydrogen-bond acceptors (Lipinski definition) is 4. The predicted molar refractivity (Wildman–Crippen MR) is 108 cm³/mol. The van der Waals surface area contributed by atoms with Crippen molar-refractivity contribution in [2.24, 2.45) is 5.73 Å². The molecule has 2 aromatic rings. The predicted octanol–water partition coefficient (Wildman–Crippen LogP) is 2.45. The molecule has 1 aliphatic heterocycles. The fourth-order valence-corrected chi connectivity index (χ4v) is 3.18. The van der Waals surface area contributed by atoms with Gasteiger partial charge in [0.15, 0.2) is 0 Å². The number of hydrogen-bond donors (Lipinski definition) is 4. The lowest BCUT2D eigenvalue weighted by atomic mass is 9.93. The summed E-state index contributed by atoms with van der Waals surface area (Å²) in [6.07, 6.45) is 0.491. The SMILES string of the molecule is CC(C)(N)C(=O)NC(CC1CNc2ccccc21)C(=O)Nc1ccccc1. The smallest absolute Gasteiger partial charge is 0.246 e. The van der Waals surface area contributed by atoms with Crippen molar-refractivity contribution in [2.45, 2.75) is 37.8 Å². The van der Waals surface area contributed by atoms with E-state index in [-0.39, 0.29) is 17.7 Å². The lowest BCUT2D eigenvalue weighted by molar-refractivity contribution is -0.129. The molecule has 142 valence electrons. The van der Waals surface area contributed by atoms with Crippen molar-refractivity contribution < 1.29 is 9.59 Å². The van der Waals surface area contributed by atoms with Crippen LogP contribution in [0.5, 0.6) is 0 Å². The Balaban J connectivity index is 1.77. The van der Waals surface area contributed by atoms with Gasteiger partial charge in [-0.25, -0.2) is 0 Å². The van der Waals surface area contributed by atoms with Gasteiger partial charge in [0.05, 0.1) is 5.54 Å². The van der Waals surface area contributed by atoms with E-state index in [0.29, 0.717) is 12.1 Å². The summed E-state index contributed by atoms with van der Waals surface area (Å²) < 4.78 is 0. The number of nitrogens with one attached hydrogen (secondary N) is 3. The lowest BCUT2D eigenvalue weighted by Crippen LogP contribution is -2.55. The van der Waals surface area contributed by atoms with Gasteiger partial charge >= 0.3 is 0 Å². The molecule has 2 amide bonds. The molecule has 27 heavy (non-hydrogen) atoms. The third-order valence-electron chi connectivity index (χ3n) is 4.71. The highest BCUT2D eigenvalue weighted by Gasteiger charge is 2.32. The number of amides is 2. The van der Waals surface area contributed by atoms with E-state index in [1.54, 1.807) is 13.8 Å². The van der Waals surface area contributed by atoms with Gasteiger partial charge in [-0.3, -0.25) is 9.59 Å². The first kappa shape index (κ1) is 18.9. The van der Waals surface area contributed by atoms with Crippen LogP contribution >= 0.6 is 0 Å². The van der Waals surface area contributed by atoms with Gasteiger partial charge in [0.1, 0.15) is 6.04 Å². The van der Waals surface area contributed by atoms with Gasteiger partial charge in [-0.1, -0.05) is 36.4 Å². The van der Waals surface area contributed by atoms with E-state index in [1.807, 2.05) is 48.5 Å². The molecule has 2 unspecified atom stereocenters. The molecular weight excluding hydrogens is 340 g/mol. The highest BCUT2D eigenvalue weighted by Crippen LogP contribution is 2.34. The molecule has 2 aromatic carbocycles. The standard InChI is InChI=1S/C21H26N4O2/c1-21(2,22)20(27)25-18(19(26)24-15-8-4-3-5-9-15)12-14-13-23-17-11-7-6-10-16(14)17/h3-11,14,18,23H,12-13,22H2,1-2H3,(H,24,26)(H,25,27). The Morgan fingerprint density at radius 2 is 1.81 bits per heavy atom. The number of benzene rings is 2. The summed E-state index contributed by atoms with van der Waals surface area (Å²) in [6, 6.07) is 16.6. The minimum atomic E-state index is -1.06. The zero-order chi connectivity index (χ0) is 19.4. The van der Waals surface area contributed by atoms with Crippen LogP contribution in [0.1, 0.15) is 31.7 Å². The molecule has 0 saturated carbocycles. The summed E-state index contributed by atoms with van der Waals surface area (Å²) in [6.45, 7) is 3.98. The van der Waals surface area contributed by atoms with Crippen molar-refractivity contribution in [3.63, 3.8) is 0 Å². The van der Waals surface area contributed by atoms with E-state index >= 15 is 0 Å². The summed E-state index contributed by atoms with van der Waals surface area (Å²) in [7, 11) is 0. The summed E-state index contributed by atoms with van der Waals surface area (Å²) in [5.74, 6) is -0.466. The van der Waals surface area contributed by atoms with Crippen LogP contribution in [0.25, 0.3) is 0 Å². The number of anilines is 2.